The van der Waals surface area contributed by atoms with Crippen molar-refractivity contribution in [2.24, 2.45) is 11.7 Å². The number of carbonyl (C=O) groups is 1. The Morgan fingerprint density at radius 3 is 2.90 bits per heavy atom. The maximum absolute atomic E-state index is 13.3. The quantitative estimate of drug-likeness (QED) is 0.808. The molecule has 5 heteroatoms. The Bertz CT molecular complexity index is 575. The van der Waals surface area contributed by atoms with E-state index in [2.05, 4.69) is 0 Å². The fraction of sp³-hybridized carbons (Fsp3) is 0.467. The second-order valence-electron chi connectivity index (χ2n) is 5.63. The summed E-state index contributed by atoms with van der Waals surface area (Å²) in [7, 11) is 0. The highest BCUT2D eigenvalue weighted by Crippen LogP contribution is 2.31. The summed E-state index contributed by atoms with van der Waals surface area (Å²) >= 11 is 5.07. The van der Waals surface area contributed by atoms with Gasteiger partial charge < -0.3 is 10.6 Å². The highest BCUT2D eigenvalue weighted by atomic mass is 32.1. The average Bonchev–Trinajstić information content (AvgIpc) is 2.56. The first-order chi connectivity index (χ1) is 9.56. The summed E-state index contributed by atoms with van der Waals surface area (Å²) in [4.78, 5) is 15.0. The molecule has 0 saturated carbocycles. The SMILES string of the molecule is NC(=S)[C@H]1CC[C@H]2CCc3cc(F)ccc3C(=O)N2C1. The minimum absolute atomic E-state index is 0.0107. The molecule has 2 aliphatic heterocycles. The third kappa shape index (κ3) is 2.30. The van der Waals surface area contributed by atoms with Crippen LogP contribution in [0.25, 0.3) is 0 Å². The van der Waals surface area contributed by atoms with E-state index in [1.807, 2.05) is 4.90 Å². The maximum Gasteiger partial charge on any atom is 0.254 e. The second kappa shape index (κ2) is 5.13. The monoisotopic (exact) mass is 292 g/mol. The van der Waals surface area contributed by atoms with E-state index in [1.54, 1.807) is 6.07 Å². The van der Waals surface area contributed by atoms with Gasteiger partial charge in [0.25, 0.3) is 5.91 Å². The fourth-order valence-electron chi connectivity index (χ4n) is 3.26. The number of hydrogen-bond donors (Lipinski definition) is 1. The Balaban J connectivity index is 1.93. The minimum atomic E-state index is -0.280. The summed E-state index contributed by atoms with van der Waals surface area (Å²) in [5, 5.41) is 0. The molecule has 1 fully saturated rings. The summed E-state index contributed by atoms with van der Waals surface area (Å²) in [6.07, 6.45) is 3.49. The van der Waals surface area contributed by atoms with Gasteiger partial charge in [0.05, 0.1) is 4.99 Å². The van der Waals surface area contributed by atoms with Crippen molar-refractivity contribution >= 4 is 23.1 Å². The number of thiocarbonyl (C=S) groups is 1. The van der Waals surface area contributed by atoms with Crippen LogP contribution in [0.1, 0.15) is 35.2 Å². The Morgan fingerprint density at radius 2 is 2.15 bits per heavy atom. The van der Waals surface area contributed by atoms with Crippen LogP contribution in [-0.2, 0) is 6.42 Å². The molecule has 0 bridgehead atoms. The van der Waals surface area contributed by atoms with Crippen molar-refractivity contribution in [3.8, 4) is 0 Å². The standard InChI is InChI=1S/C15H17FN2OS/c16-11-3-6-13-9(7-11)1-4-12-5-2-10(14(17)20)8-18(12)15(13)19/h3,6-7,10,12H,1-2,4-5,8H2,(H2,17,20)/t10-,12+/m0/s1. The number of nitrogens with two attached hydrogens (primary N) is 1. The van der Waals surface area contributed by atoms with Gasteiger partial charge in [0.15, 0.2) is 0 Å². The number of aryl methyl sites for hydroxylation is 1. The summed E-state index contributed by atoms with van der Waals surface area (Å²) in [5.41, 5.74) is 7.17. The summed E-state index contributed by atoms with van der Waals surface area (Å²) in [5.74, 6) is -0.187. The van der Waals surface area contributed by atoms with Crippen molar-refractivity contribution < 1.29 is 9.18 Å². The van der Waals surface area contributed by atoms with Crippen LogP contribution in [0.15, 0.2) is 18.2 Å². The number of halogens is 1. The molecular weight excluding hydrogens is 275 g/mol. The average molecular weight is 292 g/mol. The third-order valence-corrected chi connectivity index (χ3v) is 4.75. The maximum atomic E-state index is 13.3. The first kappa shape index (κ1) is 13.5. The fourth-order valence-corrected chi connectivity index (χ4v) is 3.46. The molecule has 2 heterocycles. The molecule has 2 aliphatic rings. The van der Waals surface area contributed by atoms with Gasteiger partial charge in [-0.25, -0.2) is 4.39 Å². The Kier molecular flexibility index (Phi) is 3.46. The number of fused-ring (bicyclic) bond motifs is 2. The number of amides is 1. The van der Waals surface area contributed by atoms with Crippen LogP contribution < -0.4 is 5.73 Å². The van der Waals surface area contributed by atoms with Crippen LogP contribution in [0.3, 0.4) is 0 Å². The molecule has 3 nitrogen and oxygen atoms in total. The topological polar surface area (TPSA) is 46.3 Å². The van der Waals surface area contributed by atoms with E-state index in [1.165, 1.54) is 12.1 Å². The van der Waals surface area contributed by atoms with Gasteiger partial charge >= 0.3 is 0 Å². The number of carbonyl (C=O) groups excluding carboxylic acids is 1. The van der Waals surface area contributed by atoms with Crippen LogP contribution in [-0.4, -0.2) is 28.4 Å². The van der Waals surface area contributed by atoms with Gasteiger partial charge in [-0.15, -0.1) is 0 Å². The summed E-state index contributed by atoms with van der Waals surface area (Å²) in [6, 6.07) is 4.66. The lowest BCUT2D eigenvalue weighted by atomic mass is 9.91. The van der Waals surface area contributed by atoms with Crippen LogP contribution in [0.2, 0.25) is 0 Å². The predicted octanol–water partition coefficient (Wildman–Crippen LogP) is 2.28. The van der Waals surface area contributed by atoms with Gasteiger partial charge in [0, 0.05) is 24.1 Å². The highest BCUT2D eigenvalue weighted by molar-refractivity contribution is 7.80. The van der Waals surface area contributed by atoms with Crippen LogP contribution in [0.4, 0.5) is 4.39 Å². The zero-order chi connectivity index (χ0) is 14.3. The first-order valence-electron chi connectivity index (χ1n) is 6.95. The lowest BCUT2D eigenvalue weighted by molar-refractivity contribution is 0.0582. The zero-order valence-electron chi connectivity index (χ0n) is 11.1. The van der Waals surface area contributed by atoms with Crippen molar-refractivity contribution in [3.05, 3.63) is 35.1 Å². The highest BCUT2D eigenvalue weighted by Gasteiger charge is 2.35. The van der Waals surface area contributed by atoms with E-state index in [9.17, 15) is 9.18 Å². The molecule has 0 spiro atoms. The van der Waals surface area contributed by atoms with Gasteiger partial charge in [-0.3, -0.25) is 4.79 Å². The summed E-state index contributed by atoms with van der Waals surface area (Å²) < 4.78 is 13.3. The molecule has 0 radical (unpaired) electrons. The molecule has 20 heavy (non-hydrogen) atoms. The van der Waals surface area contributed by atoms with E-state index < -0.39 is 0 Å². The molecular formula is C15H17FN2OS. The normalized spacial score (nSPS) is 25.6. The van der Waals surface area contributed by atoms with E-state index in [-0.39, 0.29) is 23.7 Å². The van der Waals surface area contributed by atoms with E-state index >= 15 is 0 Å². The van der Waals surface area contributed by atoms with Crippen molar-refractivity contribution in [3.63, 3.8) is 0 Å². The number of piperidine rings is 1. The molecule has 3 rings (SSSR count). The van der Waals surface area contributed by atoms with Crippen molar-refractivity contribution in [1.29, 1.82) is 0 Å². The zero-order valence-corrected chi connectivity index (χ0v) is 12.0. The predicted molar refractivity (Wildman–Crippen MR) is 79.1 cm³/mol. The van der Waals surface area contributed by atoms with Gasteiger partial charge in [0.1, 0.15) is 5.82 Å². The first-order valence-corrected chi connectivity index (χ1v) is 7.36. The molecule has 106 valence electrons. The van der Waals surface area contributed by atoms with Crippen LogP contribution in [0, 0.1) is 11.7 Å². The van der Waals surface area contributed by atoms with Gasteiger partial charge in [-0.1, -0.05) is 12.2 Å². The molecule has 2 atom stereocenters. The number of rotatable bonds is 1. The Hall–Kier alpha value is -1.49. The third-order valence-electron chi connectivity index (χ3n) is 4.41. The van der Waals surface area contributed by atoms with Crippen LogP contribution in [0.5, 0.6) is 0 Å². The Labute approximate surface area is 122 Å². The molecule has 1 aromatic carbocycles. The van der Waals surface area contributed by atoms with Gasteiger partial charge in [-0.2, -0.15) is 0 Å². The lowest BCUT2D eigenvalue weighted by Gasteiger charge is -2.38. The minimum Gasteiger partial charge on any atom is -0.393 e. The molecule has 1 saturated heterocycles. The van der Waals surface area contributed by atoms with E-state index in [0.717, 1.165) is 31.2 Å². The van der Waals surface area contributed by atoms with Gasteiger partial charge in [-0.05, 0) is 49.4 Å². The van der Waals surface area contributed by atoms with Gasteiger partial charge in [0.2, 0.25) is 0 Å². The smallest absolute Gasteiger partial charge is 0.254 e. The van der Waals surface area contributed by atoms with Crippen molar-refractivity contribution in [2.45, 2.75) is 31.7 Å². The molecule has 0 aliphatic carbocycles. The molecule has 1 aromatic rings. The van der Waals surface area contributed by atoms with E-state index in [4.69, 9.17) is 18.0 Å². The Morgan fingerprint density at radius 1 is 1.35 bits per heavy atom. The number of benzene rings is 1. The van der Waals surface area contributed by atoms with Crippen LogP contribution >= 0.6 is 12.2 Å². The second-order valence-corrected chi connectivity index (χ2v) is 6.10. The molecule has 1 amide bonds. The van der Waals surface area contributed by atoms with Crippen molar-refractivity contribution in [2.75, 3.05) is 6.54 Å². The molecule has 2 N–H and O–H groups in total. The molecule has 0 aromatic heterocycles. The van der Waals surface area contributed by atoms with Crippen molar-refractivity contribution in [1.82, 2.24) is 4.90 Å². The summed E-state index contributed by atoms with van der Waals surface area (Å²) in [6.45, 7) is 0.593. The number of nitrogens with zero attached hydrogens (tertiary/aromatic N) is 1. The van der Waals surface area contributed by atoms with E-state index in [0.29, 0.717) is 17.1 Å². The lowest BCUT2D eigenvalue weighted by Crippen LogP contribution is -2.48. The molecule has 0 unspecified atom stereocenters. The largest absolute Gasteiger partial charge is 0.393 e. The number of hydrogen-bond acceptors (Lipinski definition) is 2.